The number of imidazole rings is 1. The van der Waals surface area contributed by atoms with Crippen LogP contribution in [-0.4, -0.2) is 68.0 Å². The molecule has 0 amide bonds. The fraction of sp³-hybridized carbons (Fsp3) is 0.429. The molecule has 0 spiro atoms. The van der Waals surface area contributed by atoms with Gasteiger partial charge >= 0.3 is 0 Å². The zero-order chi connectivity index (χ0) is 27.5. The molecule has 2 aromatic heterocycles. The first-order chi connectivity index (χ1) is 19.5. The lowest BCUT2D eigenvalue weighted by molar-refractivity contribution is 0.122. The van der Waals surface area contributed by atoms with Crippen LogP contribution in [0.2, 0.25) is 0 Å². The van der Waals surface area contributed by atoms with Gasteiger partial charge < -0.3 is 25.4 Å². The van der Waals surface area contributed by atoms with E-state index in [1.165, 1.54) is 4.57 Å². The van der Waals surface area contributed by atoms with E-state index in [1.54, 1.807) is 36.4 Å². The number of hydrogen-bond donors (Lipinski definition) is 3. The van der Waals surface area contributed by atoms with Gasteiger partial charge in [-0.05, 0) is 55.5 Å². The average molecular weight is 551 g/mol. The number of nitrogens with one attached hydrogen (secondary N) is 2. The quantitative estimate of drug-likeness (QED) is 0.297. The number of phenols is 1. The third-order valence-electron chi connectivity index (χ3n) is 7.48. The molecule has 12 heteroatoms. The standard InChI is InChI=1S/C28H32F2N8O2/c29-24(30)25-33-22-3-1-2-4-23(22)38(25)28-35-26(34-27(36-28)37-13-15-40-16-14-37)32-20-9-7-19(8-10-20)31-17-18-5-11-21(39)12-6-18/h1-6,11-12,19-20,24,31,39H,7-10,13-17H2,(H,32,34,35,36). The maximum absolute atomic E-state index is 14.1. The SMILES string of the molecule is Oc1ccc(CNC2CCC(Nc3nc(N4CCOCC4)nc(-n4c(C(F)F)nc5ccccc54)n3)CC2)cc1. The molecule has 10 nitrogen and oxygen atoms in total. The molecule has 0 radical (unpaired) electrons. The van der Waals surface area contributed by atoms with Crippen molar-refractivity contribution in [1.82, 2.24) is 29.8 Å². The van der Waals surface area contributed by atoms with Crippen molar-refractivity contribution < 1.29 is 18.6 Å². The maximum Gasteiger partial charge on any atom is 0.296 e. The number of nitrogens with zero attached hydrogens (tertiary/aromatic N) is 6. The zero-order valence-electron chi connectivity index (χ0n) is 22.0. The van der Waals surface area contributed by atoms with Gasteiger partial charge in [0, 0.05) is 31.7 Å². The van der Waals surface area contributed by atoms with E-state index in [0.29, 0.717) is 55.3 Å². The number of fused-ring (bicyclic) bond motifs is 1. The molecule has 3 heterocycles. The van der Waals surface area contributed by atoms with Crippen LogP contribution in [0.5, 0.6) is 5.75 Å². The number of anilines is 2. The second-order valence-electron chi connectivity index (χ2n) is 10.2. The first-order valence-corrected chi connectivity index (χ1v) is 13.7. The number of alkyl halides is 2. The van der Waals surface area contributed by atoms with E-state index in [9.17, 15) is 13.9 Å². The first kappa shape index (κ1) is 26.3. The fourth-order valence-corrected chi connectivity index (χ4v) is 5.32. The number of phenolic OH excluding ortho intramolecular Hbond substituents is 1. The van der Waals surface area contributed by atoms with Crippen molar-refractivity contribution in [3.63, 3.8) is 0 Å². The Bertz CT molecular complexity index is 1430. The predicted octanol–water partition coefficient (Wildman–Crippen LogP) is 4.20. The number of morpholine rings is 1. The lowest BCUT2D eigenvalue weighted by Gasteiger charge is -2.30. The van der Waals surface area contributed by atoms with E-state index in [2.05, 4.69) is 25.6 Å². The van der Waals surface area contributed by atoms with Crippen LogP contribution in [0.15, 0.2) is 48.5 Å². The third-order valence-corrected chi connectivity index (χ3v) is 7.48. The van der Waals surface area contributed by atoms with E-state index in [-0.39, 0.29) is 17.7 Å². The summed E-state index contributed by atoms with van der Waals surface area (Å²) in [4.78, 5) is 20.1. The Hall–Kier alpha value is -3.90. The molecule has 2 fully saturated rings. The second-order valence-corrected chi connectivity index (χ2v) is 10.2. The number of aromatic hydroxyl groups is 1. The van der Waals surface area contributed by atoms with E-state index < -0.39 is 12.2 Å². The summed E-state index contributed by atoms with van der Waals surface area (Å²) in [6.07, 6.45) is 0.989. The first-order valence-electron chi connectivity index (χ1n) is 13.7. The predicted molar refractivity (Wildman–Crippen MR) is 147 cm³/mol. The summed E-state index contributed by atoms with van der Waals surface area (Å²) in [6.45, 7) is 3.04. The average Bonchev–Trinajstić information content (AvgIpc) is 3.38. The van der Waals surface area contributed by atoms with Gasteiger partial charge in [-0.3, -0.25) is 4.57 Å². The molecule has 2 aliphatic rings. The van der Waals surface area contributed by atoms with Crippen LogP contribution in [-0.2, 0) is 11.3 Å². The molecule has 0 unspecified atom stereocenters. The molecule has 0 bridgehead atoms. The van der Waals surface area contributed by atoms with Crippen LogP contribution in [0.3, 0.4) is 0 Å². The Kier molecular flexibility index (Phi) is 7.69. The number of benzene rings is 2. The van der Waals surface area contributed by atoms with Gasteiger partial charge in [0.1, 0.15) is 5.75 Å². The number of para-hydroxylation sites is 2. The second kappa shape index (κ2) is 11.7. The number of aromatic nitrogens is 5. The molecule has 1 saturated heterocycles. The van der Waals surface area contributed by atoms with Gasteiger partial charge in [0.2, 0.25) is 17.8 Å². The Balaban J connectivity index is 1.22. The molecule has 6 rings (SSSR count). The van der Waals surface area contributed by atoms with Crippen LogP contribution < -0.4 is 15.5 Å². The van der Waals surface area contributed by atoms with Crippen molar-refractivity contribution >= 4 is 22.9 Å². The van der Waals surface area contributed by atoms with Gasteiger partial charge in [0.05, 0.1) is 24.2 Å². The highest BCUT2D eigenvalue weighted by Gasteiger charge is 2.26. The summed E-state index contributed by atoms with van der Waals surface area (Å²) in [6, 6.07) is 14.8. The minimum absolute atomic E-state index is 0.118. The molecule has 40 heavy (non-hydrogen) atoms. The number of hydrogen-bond acceptors (Lipinski definition) is 9. The van der Waals surface area contributed by atoms with Crippen LogP contribution in [0.25, 0.3) is 17.0 Å². The minimum Gasteiger partial charge on any atom is -0.508 e. The lowest BCUT2D eigenvalue weighted by Crippen LogP contribution is -2.38. The monoisotopic (exact) mass is 550 g/mol. The van der Waals surface area contributed by atoms with Gasteiger partial charge in [0.25, 0.3) is 6.43 Å². The molecule has 1 saturated carbocycles. The van der Waals surface area contributed by atoms with Crippen molar-refractivity contribution in [3.8, 4) is 11.7 Å². The number of ether oxygens (including phenoxy) is 1. The van der Waals surface area contributed by atoms with Crippen molar-refractivity contribution in [1.29, 1.82) is 0 Å². The van der Waals surface area contributed by atoms with E-state index in [0.717, 1.165) is 37.8 Å². The number of halogens is 2. The molecule has 1 aliphatic heterocycles. The molecule has 210 valence electrons. The molecule has 2 aromatic carbocycles. The Morgan fingerprint density at radius 2 is 1.57 bits per heavy atom. The fourth-order valence-electron chi connectivity index (χ4n) is 5.32. The maximum atomic E-state index is 14.1. The van der Waals surface area contributed by atoms with E-state index in [1.807, 2.05) is 17.0 Å². The third kappa shape index (κ3) is 5.82. The smallest absolute Gasteiger partial charge is 0.296 e. The van der Waals surface area contributed by atoms with Gasteiger partial charge in [-0.1, -0.05) is 24.3 Å². The summed E-state index contributed by atoms with van der Waals surface area (Å²) < 4.78 is 35.0. The minimum atomic E-state index is -2.79. The van der Waals surface area contributed by atoms with Crippen molar-refractivity contribution in [2.45, 2.75) is 50.7 Å². The van der Waals surface area contributed by atoms with Crippen molar-refractivity contribution in [2.24, 2.45) is 0 Å². The molecule has 0 atom stereocenters. The van der Waals surface area contributed by atoms with Crippen LogP contribution in [0.1, 0.15) is 43.5 Å². The number of rotatable bonds is 8. The molecular weight excluding hydrogens is 518 g/mol. The molecule has 1 aliphatic carbocycles. The summed E-state index contributed by atoms with van der Waals surface area (Å²) in [5.41, 5.74) is 2.10. The summed E-state index contributed by atoms with van der Waals surface area (Å²) in [5.74, 6) is 0.780. The summed E-state index contributed by atoms with van der Waals surface area (Å²) in [7, 11) is 0. The van der Waals surface area contributed by atoms with Gasteiger partial charge in [-0.2, -0.15) is 15.0 Å². The van der Waals surface area contributed by atoms with Crippen LogP contribution in [0, 0.1) is 0 Å². The Labute approximate surface area is 230 Å². The van der Waals surface area contributed by atoms with Crippen molar-refractivity contribution in [3.05, 3.63) is 59.9 Å². The van der Waals surface area contributed by atoms with Gasteiger partial charge in [-0.15, -0.1) is 0 Å². The largest absolute Gasteiger partial charge is 0.508 e. The highest BCUT2D eigenvalue weighted by molar-refractivity contribution is 5.77. The Morgan fingerprint density at radius 3 is 2.33 bits per heavy atom. The highest BCUT2D eigenvalue weighted by Crippen LogP contribution is 2.28. The van der Waals surface area contributed by atoms with Crippen molar-refractivity contribution in [2.75, 3.05) is 36.5 Å². The van der Waals surface area contributed by atoms with E-state index in [4.69, 9.17) is 9.72 Å². The van der Waals surface area contributed by atoms with Gasteiger partial charge in [0.15, 0.2) is 5.82 Å². The zero-order valence-corrected chi connectivity index (χ0v) is 22.0. The van der Waals surface area contributed by atoms with Crippen LogP contribution >= 0.6 is 0 Å². The molecular formula is C28H32F2N8O2. The van der Waals surface area contributed by atoms with Crippen LogP contribution in [0.4, 0.5) is 20.7 Å². The summed E-state index contributed by atoms with van der Waals surface area (Å²) >= 11 is 0. The topological polar surface area (TPSA) is 113 Å². The summed E-state index contributed by atoms with van der Waals surface area (Å²) in [5, 5.41) is 16.6. The lowest BCUT2D eigenvalue weighted by atomic mass is 9.91. The normalized spacial score (nSPS) is 19.8. The van der Waals surface area contributed by atoms with E-state index >= 15 is 0 Å². The molecule has 4 aromatic rings. The highest BCUT2D eigenvalue weighted by atomic mass is 19.3. The Morgan fingerprint density at radius 1 is 0.875 bits per heavy atom. The van der Waals surface area contributed by atoms with Gasteiger partial charge in [-0.25, -0.2) is 13.8 Å². The molecule has 3 N–H and O–H groups in total.